The summed E-state index contributed by atoms with van der Waals surface area (Å²) in [5.74, 6) is -0.917. The van der Waals surface area contributed by atoms with Crippen LogP contribution in [0, 0.1) is 12.7 Å². The first-order valence-corrected chi connectivity index (χ1v) is 9.05. The molecule has 1 aliphatic heterocycles. The first kappa shape index (κ1) is 18.5. The molecule has 0 spiro atoms. The average molecular weight is 402 g/mol. The zero-order valence-corrected chi connectivity index (χ0v) is 15.7. The Morgan fingerprint density at radius 2 is 2.07 bits per heavy atom. The normalized spacial score (nSPS) is 15.9. The van der Waals surface area contributed by atoms with Gasteiger partial charge in [-0.3, -0.25) is 9.89 Å². The van der Waals surface area contributed by atoms with Crippen LogP contribution in [-0.2, 0) is 0 Å². The molecule has 0 unspecified atom stereocenters. The molecule has 0 aliphatic carbocycles. The number of rotatable bonds is 4. The van der Waals surface area contributed by atoms with Gasteiger partial charge >= 0.3 is 0 Å². The van der Waals surface area contributed by atoms with E-state index < -0.39 is 17.8 Å². The highest BCUT2D eigenvalue weighted by atomic mass is 35.5. The smallest absolute Gasteiger partial charge is 0.273 e. The molecule has 2 heterocycles. The molecule has 6 nitrogen and oxygen atoms in total. The minimum atomic E-state index is -0.788. The van der Waals surface area contributed by atoms with Gasteiger partial charge in [0.2, 0.25) is 0 Å². The van der Waals surface area contributed by atoms with E-state index in [0.717, 1.165) is 0 Å². The predicted octanol–water partition coefficient (Wildman–Crippen LogP) is 3.42. The van der Waals surface area contributed by atoms with E-state index in [4.69, 9.17) is 11.6 Å². The minimum Gasteiger partial charge on any atom is -0.507 e. The van der Waals surface area contributed by atoms with E-state index in [2.05, 4.69) is 10.2 Å². The molecule has 0 bridgehead atoms. The van der Waals surface area contributed by atoms with E-state index in [1.54, 1.807) is 31.2 Å². The molecule has 0 fully saturated rings. The van der Waals surface area contributed by atoms with Crippen molar-refractivity contribution in [3.05, 3.63) is 69.6 Å². The molecule has 0 radical (unpaired) electrons. The zero-order valence-electron chi connectivity index (χ0n) is 14.9. The van der Waals surface area contributed by atoms with Crippen molar-refractivity contribution in [2.45, 2.75) is 13.0 Å². The maximum atomic E-state index is 14.6. The van der Waals surface area contributed by atoms with Crippen molar-refractivity contribution in [1.29, 1.82) is 0 Å². The quantitative estimate of drug-likeness (QED) is 0.625. The molecule has 1 aromatic heterocycles. The van der Waals surface area contributed by atoms with Crippen LogP contribution in [0.4, 0.5) is 4.39 Å². The molecule has 144 valence electrons. The molecule has 0 saturated carbocycles. The van der Waals surface area contributed by atoms with E-state index in [0.29, 0.717) is 27.4 Å². The second-order valence-electron chi connectivity index (χ2n) is 6.63. The summed E-state index contributed by atoms with van der Waals surface area (Å²) in [6.45, 7) is 1.52. The number of nitrogens with one attached hydrogen (secondary N) is 1. The van der Waals surface area contributed by atoms with Crippen LogP contribution >= 0.6 is 11.6 Å². The number of aromatic nitrogens is 2. The van der Waals surface area contributed by atoms with Crippen molar-refractivity contribution >= 4 is 17.5 Å². The highest BCUT2D eigenvalue weighted by Gasteiger charge is 2.43. The van der Waals surface area contributed by atoms with Gasteiger partial charge in [0.15, 0.2) is 0 Å². The first-order chi connectivity index (χ1) is 13.4. The SMILES string of the molecule is Cc1cc(O)c(-c2n[nH]c3c2[C@H](c2ccccc2F)N(CCO)C3=O)cc1Cl. The third-order valence-corrected chi connectivity index (χ3v) is 5.34. The number of phenols is 1. The fraction of sp³-hybridized carbons (Fsp3) is 0.200. The van der Waals surface area contributed by atoms with Crippen LogP contribution in [0.25, 0.3) is 11.3 Å². The number of carbonyl (C=O) groups is 1. The number of aliphatic hydroxyl groups excluding tert-OH is 1. The van der Waals surface area contributed by atoms with Gasteiger partial charge in [-0.25, -0.2) is 4.39 Å². The minimum absolute atomic E-state index is 0.0282. The van der Waals surface area contributed by atoms with Crippen LogP contribution < -0.4 is 0 Å². The average Bonchev–Trinajstić information content (AvgIpc) is 3.19. The van der Waals surface area contributed by atoms with Gasteiger partial charge in [-0.1, -0.05) is 29.8 Å². The Bertz CT molecular complexity index is 1080. The van der Waals surface area contributed by atoms with E-state index in [-0.39, 0.29) is 30.2 Å². The number of phenolic OH excluding ortho intramolecular Hbond substituents is 1. The number of benzene rings is 2. The third kappa shape index (κ3) is 2.75. The van der Waals surface area contributed by atoms with Gasteiger partial charge in [-0.15, -0.1) is 0 Å². The molecule has 0 saturated heterocycles. The van der Waals surface area contributed by atoms with Crippen LogP contribution in [0.2, 0.25) is 5.02 Å². The Kier molecular flexibility index (Phi) is 4.56. The molecule has 8 heteroatoms. The fourth-order valence-corrected chi connectivity index (χ4v) is 3.78. The van der Waals surface area contributed by atoms with Crippen molar-refractivity contribution in [2.24, 2.45) is 0 Å². The molecular formula is C20H17ClFN3O3. The lowest BCUT2D eigenvalue weighted by atomic mass is 9.95. The van der Waals surface area contributed by atoms with Crippen LogP contribution in [-0.4, -0.2) is 44.4 Å². The maximum absolute atomic E-state index is 14.6. The summed E-state index contributed by atoms with van der Waals surface area (Å²) in [5.41, 5.74) is 2.28. The summed E-state index contributed by atoms with van der Waals surface area (Å²) in [7, 11) is 0. The number of aromatic amines is 1. The number of β-amino-alcohol motifs (C(OH)–C–C–N with tert-alkyl or cyclic N) is 1. The van der Waals surface area contributed by atoms with Gasteiger partial charge < -0.3 is 15.1 Å². The number of carbonyl (C=O) groups excluding carboxylic acids is 1. The number of H-pyrrole nitrogens is 1. The summed E-state index contributed by atoms with van der Waals surface area (Å²) in [5, 5.41) is 27.2. The predicted molar refractivity (Wildman–Crippen MR) is 102 cm³/mol. The van der Waals surface area contributed by atoms with Gasteiger partial charge in [0.1, 0.15) is 23.0 Å². The lowest BCUT2D eigenvalue weighted by molar-refractivity contribution is 0.0704. The summed E-state index contributed by atoms with van der Waals surface area (Å²) < 4.78 is 14.6. The van der Waals surface area contributed by atoms with Crippen LogP contribution in [0.15, 0.2) is 36.4 Å². The van der Waals surface area contributed by atoms with Crippen molar-refractivity contribution in [1.82, 2.24) is 15.1 Å². The molecule has 2 aromatic carbocycles. The molecule has 1 amide bonds. The summed E-state index contributed by atoms with van der Waals surface area (Å²) in [6.07, 6.45) is 0. The summed E-state index contributed by atoms with van der Waals surface area (Å²) in [6, 6.07) is 8.44. The first-order valence-electron chi connectivity index (χ1n) is 8.68. The molecule has 3 aromatic rings. The molecule has 3 N–H and O–H groups in total. The van der Waals surface area contributed by atoms with Gasteiger partial charge in [0, 0.05) is 28.3 Å². The van der Waals surface area contributed by atoms with Crippen molar-refractivity contribution in [2.75, 3.05) is 13.2 Å². The largest absolute Gasteiger partial charge is 0.507 e. The van der Waals surface area contributed by atoms with Gasteiger partial charge in [-0.05, 0) is 30.7 Å². The van der Waals surface area contributed by atoms with Crippen LogP contribution in [0.3, 0.4) is 0 Å². The number of amides is 1. The van der Waals surface area contributed by atoms with E-state index >= 15 is 0 Å². The second-order valence-corrected chi connectivity index (χ2v) is 7.03. The van der Waals surface area contributed by atoms with Gasteiger partial charge in [0.25, 0.3) is 5.91 Å². The number of aromatic hydroxyl groups is 1. The maximum Gasteiger partial charge on any atom is 0.273 e. The van der Waals surface area contributed by atoms with Crippen molar-refractivity contribution in [3.8, 4) is 17.0 Å². The molecule has 4 rings (SSSR count). The van der Waals surface area contributed by atoms with Crippen molar-refractivity contribution < 1.29 is 19.4 Å². The number of aliphatic hydroxyl groups is 1. The third-order valence-electron chi connectivity index (χ3n) is 4.94. The van der Waals surface area contributed by atoms with Crippen molar-refractivity contribution in [3.63, 3.8) is 0 Å². The molecule has 28 heavy (non-hydrogen) atoms. The Labute approximate surface area is 165 Å². The standard InChI is InChI=1S/C20H17ClFN3O3/c1-10-8-15(27)12(9-13(10)21)17-16-18(24-23-17)20(28)25(6-7-26)19(16)11-4-2-3-5-14(11)22/h2-5,8-9,19,26-27H,6-7H2,1H3,(H,23,24)/t19-/m0/s1. The number of aryl methyl sites for hydroxylation is 1. The topological polar surface area (TPSA) is 89.5 Å². The van der Waals surface area contributed by atoms with Crippen LogP contribution in [0.1, 0.15) is 33.2 Å². The Balaban J connectivity index is 1.96. The Morgan fingerprint density at radius 1 is 1.32 bits per heavy atom. The second kappa shape index (κ2) is 6.92. The fourth-order valence-electron chi connectivity index (χ4n) is 3.62. The molecule has 1 atom stereocenters. The van der Waals surface area contributed by atoms with Gasteiger partial charge in [0.05, 0.1) is 12.6 Å². The summed E-state index contributed by atoms with van der Waals surface area (Å²) in [4.78, 5) is 14.3. The van der Waals surface area contributed by atoms with Gasteiger partial charge in [-0.2, -0.15) is 5.10 Å². The number of hydrogen-bond donors (Lipinski definition) is 3. The molecular weight excluding hydrogens is 385 g/mol. The zero-order chi connectivity index (χ0) is 20.0. The van der Waals surface area contributed by atoms with E-state index in [9.17, 15) is 19.4 Å². The van der Waals surface area contributed by atoms with E-state index in [1.165, 1.54) is 17.0 Å². The number of hydrogen-bond acceptors (Lipinski definition) is 4. The number of fused-ring (bicyclic) bond motifs is 1. The number of nitrogens with zero attached hydrogens (tertiary/aromatic N) is 2. The number of halogens is 2. The molecule has 1 aliphatic rings. The lowest BCUT2D eigenvalue weighted by Gasteiger charge is -2.26. The lowest BCUT2D eigenvalue weighted by Crippen LogP contribution is -2.32. The van der Waals surface area contributed by atoms with Crippen LogP contribution in [0.5, 0.6) is 5.75 Å². The monoisotopic (exact) mass is 401 g/mol. The highest BCUT2D eigenvalue weighted by molar-refractivity contribution is 6.31. The Morgan fingerprint density at radius 3 is 2.79 bits per heavy atom. The van der Waals surface area contributed by atoms with E-state index in [1.807, 2.05) is 0 Å². The summed E-state index contributed by atoms with van der Waals surface area (Å²) >= 11 is 6.22. The Hall–Kier alpha value is -2.90. The highest BCUT2D eigenvalue weighted by Crippen LogP contribution is 2.45.